The lowest BCUT2D eigenvalue weighted by molar-refractivity contribution is -0.134. The van der Waals surface area contributed by atoms with Crippen LogP contribution in [-0.4, -0.2) is 54.8 Å². The Balaban J connectivity index is 2.38. The van der Waals surface area contributed by atoms with Crippen molar-refractivity contribution in [3.8, 4) is 5.75 Å². The summed E-state index contributed by atoms with van der Waals surface area (Å²) < 4.78 is 18.1. The number of nitrogens with zero attached hydrogens (tertiary/aromatic N) is 1. The molecule has 0 bridgehead atoms. The van der Waals surface area contributed by atoms with Crippen LogP contribution in [0.2, 0.25) is 0 Å². The minimum absolute atomic E-state index is 0.0604. The molecule has 0 radical (unpaired) electrons. The van der Waals surface area contributed by atoms with Gasteiger partial charge in [-0.15, -0.1) is 0 Å². The summed E-state index contributed by atoms with van der Waals surface area (Å²) in [7, 11) is 3.36. The van der Waals surface area contributed by atoms with Crippen molar-refractivity contribution in [3.63, 3.8) is 0 Å². The first kappa shape index (κ1) is 17.4. The van der Waals surface area contributed by atoms with E-state index in [1.807, 2.05) is 0 Å². The first-order valence-electron chi connectivity index (χ1n) is 6.75. The fourth-order valence-corrected chi connectivity index (χ4v) is 1.79. The van der Waals surface area contributed by atoms with Gasteiger partial charge in [-0.25, -0.2) is 4.39 Å². The van der Waals surface area contributed by atoms with Crippen molar-refractivity contribution in [3.05, 3.63) is 30.1 Å². The molecule has 5 nitrogen and oxygen atoms in total. The van der Waals surface area contributed by atoms with Crippen molar-refractivity contribution in [2.45, 2.75) is 25.5 Å². The van der Waals surface area contributed by atoms with Crippen LogP contribution in [0.25, 0.3) is 0 Å². The van der Waals surface area contributed by atoms with Crippen LogP contribution < -0.4 is 10.1 Å². The Kier molecular flexibility index (Phi) is 6.11. The highest BCUT2D eigenvalue weighted by atomic mass is 19.1. The summed E-state index contributed by atoms with van der Waals surface area (Å²) in [6, 6.07) is 5.57. The molecule has 1 rings (SSSR count). The number of ether oxygens (including phenoxy) is 1. The van der Waals surface area contributed by atoms with Crippen LogP contribution in [0.5, 0.6) is 5.75 Å². The van der Waals surface area contributed by atoms with Gasteiger partial charge in [0.05, 0.1) is 5.54 Å². The predicted molar refractivity (Wildman–Crippen MR) is 78.7 cm³/mol. The number of carbonyl (C=O) groups is 1. The van der Waals surface area contributed by atoms with Crippen LogP contribution >= 0.6 is 0 Å². The van der Waals surface area contributed by atoms with Gasteiger partial charge in [-0.3, -0.25) is 4.79 Å². The Labute approximate surface area is 124 Å². The van der Waals surface area contributed by atoms with Gasteiger partial charge in [0.15, 0.2) is 0 Å². The molecular weight excluding hydrogens is 275 g/mol. The number of rotatable bonds is 7. The second-order valence-electron chi connectivity index (χ2n) is 5.62. The predicted octanol–water partition coefficient (Wildman–Crippen LogP) is 1.02. The van der Waals surface area contributed by atoms with Crippen molar-refractivity contribution in [1.82, 2.24) is 10.2 Å². The number of hydrogen-bond acceptors (Lipinski definition) is 4. The maximum atomic E-state index is 12.7. The van der Waals surface area contributed by atoms with Gasteiger partial charge in [0, 0.05) is 20.6 Å². The van der Waals surface area contributed by atoms with E-state index in [1.165, 1.54) is 29.2 Å². The Bertz CT molecular complexity index is 460. The topological polar surface area (TPSA) is 61.8 Å². The van der Waals surface area contributed by atoms with Gasteiger partial charge in [-0.2, -0.15) is 0 Å². The number of likely N-dealkylation sites (N-methyl/N-ethyl adjacent to an activating group) is 1. The van der Waals surface area contributed by atoms with Gasteiger partial charge in [-0.05, 0) is 38.1 Å². The molecule has 0 spiro atoms. The zero-order valence-corrected chi connectivity index (χ0v) is 12.9. The van der Waals surface area contributed by atoms with E-state index < -0.39 is 11.6 Å². The number of aliphatic hydroxyl groups excluding tert-OH is 1. The van der Waals surface area contributed by atoms with Gasteiger partial charge >= 0.3 is 0 Å². The van der Waals surface area contributed by atoms with Gasteiger partial charge in [0.2, 0.25) is 5.91 Å². The number of nitrogens with one attached hydrogen (secondary N) is 1. The maximum absolute atomic E-state index is 12.7. The Morgan fingerprint density at radius 1 is 1.38 bits per heavy atom. The number of halogens is 1. The van der Waals surface area contributed by atoms with Crippen LogP contribution in [0.4, 0.5) is 4.39 Å². The number of benzene rings is 1. The van der Waals surface area contributed by atoms with Crippen LogP contribution in [0.1, 0.15) is 13.8 Å². The van der Waals surface area contributed by atoms with Crippen molar-refractivity contribution in [1.29, 1.82) is 0 Å². The third-order valence-corrected chi connectivity index (χ3v) is 2.98. The molecule has 0 saturated heterocycles. The van der Waals surface area contributed by atoms with Crippen molar-refractivity contribution >= 4 is 5.91 Å². The molecule has 0 fully saturated rings. The highest BCUT2D eigenvalue weighted by Crippen LogP contribution is 2.11. The molecule has 1 amide bonds. The zero-order chi connectivity index (χ0) is 16.0. The first-order valence-corrected chi connectivity index (χ1v) is 6.75. The largest absolute Gasteiger partial charge is 0.491 e. The number of carbonyl (C=O) groups excluding carboxylic acids is 1. The molecule has 1 aromatic rings. The molecule has 0 aliphatic carbocycles. The zero-order valence-electron chi connectivity index (χ0n) is 12.9. The molecular formula is C15H23FN2O3. The van der Waals surface area contributed by atoms with Crippen LogP contribution in [0.3, 0.4) is 0 Å². The average Bonchev–Trinajstić information content (AvgIpc) is 2.43. The molecule has 0 aromatic heterocycles. The van der Waals surface area contributed by atoms with E-state index in [-0.39, 0.29) is 24.9 Å². The molecule has 0 saturated carbocycles. The highest BCUT2D eigenvalue weighted by Gasteiger charge is 2.29. The lowest BCUT2D eigenvalue weighted by atomic mass is 10.0. The van der Waals surface area contributed by atoms with Crippen LogP contribution in [-0.2, 0) is 4.79 Å². The second-order valence-corrected chi connectivity index (χ2v) is 5.62. The lowest BCUT2D eigenvalue weighted by Crippen LogP contribution is -2.54. The Hall–Kier alpha value is -1.66. The van der Waals surface area contributed by atoms with Crippen molar-refractivity contribution < 1.29 is 19.0 Å². The molecule has 1 unspecified atom stereocenters. The molecule has 1 aromatic carbocycles. The van der Waals surface area contributed by atoms with E-state index >= 15 is 0 Å². The van der Waals surface area contributed by atoms with E-state index in [1.54, 1.807) is 27.9 Å². The monoisotopic (exact) mass is 298 g/mol. The summed E-state index contributed by atoms with van der Waals surface area (Å²) in [5.41, 5.74) is -0.764. The van der Waals surface area contributed by atoms with Crippen LogP contribution in [0.15, 0.2) is 24.3 Å². The lowest BCUT2D eigenvalue weighted by Gasteiger charge is -2.29. The molecule has 2 N–H and O–H groups in total. The summed E-state index contributed by atoms with van der Waals surface area (Å²) in [5, 5.41) is 12.9. The fourth-order valence-electron chi connectivity index (χ4n) is 1.79. The van der Waals surface area contributed by atoms with E-state index in [4.69, 9.17) is 4.74 Å². The first-order chi connectivity index (χ1) is 9.72. The second kappa shape index (κ2) is 7.38. The quantitative estimate of drug-likeness (QED) is 0.789. The average molecular weight is 298 g/mol. The molecule has 1 atom stereocenters. The number of β-amino-alcohol motifs (C(OH)–C–C–N with tert-alkyl or cyclic N) is 1. The summed E-state index contributed by atoms with van der Waals surface area (Å²) in [5.74, 6) is 0.0711. The SMILES string of the molecule is CN(C)C(=O)C(C)(C)NCC(O)COc1ccc(F)cc1. The highest BCUT2D eigenvalue weighted by molar-refractivity contribution is 5.85. The van der Waals surface area contributed by atoms with Crippen molar-refractivity contribution in [2.75, 3.05) is 27.2 Å². The molecule has 21 heavy (non-hydrogen) atoms. The number of amides is 1. The molecule has 118 valence electrons. The fraction of sp³-hybridized carbons (Fsp3) is 0.533. The molecule has 0 heterocycles. The molecule has 6 heteroatoms. The van der Waals surface area contributed by atoms with Gasteiger partial charge < -0.3 is 20.1 Å². The van der Waals surface area contributed by atoms with Gasteiger partial charge in [0.25, 0.3) is 0 Å². The van der Waals surface area contributed by atoms with Gasteiger partial charge in [-0.1, -0.05) is 0 Å². The summed E-state index contributed by atoms with van der Waals surface area (Å²) in [4.78, 5) is 13.4. The maximum Gasteiger partial charge on any atom is 0.241 e. The molecule has 0 aliphatic heterocycles. The van der Waals surface area contributed by atoms with E-state index in [2.05, 4.69) is 5.32 Å². The summed E-state index contributed by atoms with van der Waals surface area (Å²) in [6.07, 6.45) is -0.774. The summed E-state index contributed by atoms with van der Waals surface area (Å²) >= 11 is 0. The number of hydrogen-bond donors (Lipinski definition) is 2. The molecule has 0 aliphatic rings. The normalized spacial score (nSPS) is 12.9. The Morgan fingerprint density at radius 2 is 1.95 bits per heavy atom. The van der Waals surface area contributed by atoms with Crippen molar-refractivity contribution in [2.24, 2.45) is 0 Å². The van der Waals surface area contributed by atoms with Crippen LogP contribution in [0, 0.1) is 5.82 Å². The third-order valence-electron chi connectivity index (χ3n) is 2.98. The van der Waals surface area contributed by atoms with E-state index in [0.29, 0.717) is 5.75 Å². The minimum atomic E-state index is -0.774. The minimum Gasteiger partial charge on any atom is -0.491 e. The van der Waals surface area contributed by atoms with Gasteiger partial charge in [0.1, 0.15) is 24.3 Å². The Morgan fingerprint density at radius 3 is 2.48 bits per heavy atom. The third kappa shape index (κ3) is 5.69. The number of aliphatic hydroxyl groups is 1. The van der Waals surface area contributed by atoms with E-state index in [0.717, 1.165) is 0 Å². The van der Waals surface area contributed by atoms with E-state index in [9.17, 15) is 14.3 Å². The summed E-state index contributed by atoms with van der Waals surface area (Å²) in [6.45, 7) is 3.78. The standard InChI is InChI=1S/C15H23FN2O3/c1-15(2,14(20)18(3)4)17-9-12(19)10-21-13-7-5-11(16)6-8-13/h5-8,12,17,19H,9-10H2,1-4H3. The smallest absolute Gasteiger partial charge is 0.241 e.